The summed E-state index contributed by atoms with van der Waals surface area (Å²) in [5.74, 6) is 6.23. The van der Waals surface area contributed by atoms with E-state index in [4.69, 9.17) is 0 Å². The van der Waals surface area contributed by atoms with Crippen molar-refractivity contribution in [3.05, 3.63) is 11.9 Å². The van der Waals surface area contributed by atoms with Gasteiger partial charge in [-0.05, 0) is 36.7 Å². The highest BCUT2D eigenvalue weighted by Crippen LogP contribution is 2.23. The number of aryl methyl sites for hydroxylation is 1. The zero-order valence-electron chi connectivity index (χ0n) is 12.6. The van der Waals surface area contributed by atoms with Crippen molar-refractivity contribution in [3.8, 4) is 0 Å². The van der Waals surface area contributed by atoms with Gasteiger partial charge in [-0.25, -0.2) is 9.97 Å². The Kier molecular flexibility index (Phi) is 6.43. The zero-order valence-corrected chi connectivity index (χ0v) is 13.4. The standard InChI is InChI=1S/C15H26N4S/c1-3-7-16-14-10-15(19-13(4-2)18-14)17-11-12-5-8-20-9-6-12/h10,12H,3-9,11H2,1-2H3,(H2,16,17,18,19). The zero-order chi connectivity index (χ0) is 14.2. The molecule has 1 aliphatic rings. The minimum absolute atomic E-state index is 0.795. The molecule has 2 rings (SSSR count). The van der Waals surface area contributed by atoms with E-state index in [0.29, 0.717) is 0 Å². The molecular weight excluding hydrogens is 268 g/mol. The molecule has 2 N–H and O–H groups in total. The maximum atomic E-state index is 4.58. The van der Waals surface area contributed by atoms with Crippen LogP contribution in [0, 0.1) is 5.92 Å². The smallest absolute Gasteiger partial charge is 0.132 e. The summed E-state index contributed by atoms with van der Waals surface area (Å²) in [6, 6.07) is 2.03. The first kappa shape index (κ1) is 15.4. The number of rotatable bonds is 7. The minimum atomic E-state index is 0.795. The average molecular weight is 294 g/mol. The minimum Gasteiger partial charge on any atom is -0.370 e. The van der Waals surface area contributed by atoms with Crippen LogP contribution in [0.1, 0.15) is 38.9 Å². The van der Waals surface area contributed by atoms with Crippen LogP contribution >= 0.6 is 11.8 Å². The second-order valence-electron chi connectivity index (χ2n) is 5.27. The first-order valence-electron chi connectivity index (χ1n) is 7.75. The number of thioether (sulfide) groups is 1. The number of nitrogens with zero attached hydrogens (tertiary/aromatic N) is 2. The molecule has 4 nitrogen and oxygen atoms in total. The third-order valence-electron chi connectivity index (χ3n) is 3.56. The van der Waals surface area contributed by atoms with Crippen molar-refractivity contribution < 1.29 is 0 Å². The maximum Gasteiger partial charge on any atom is 0.132 e. The topological polar surface area (TPSA) is 49.8 Å². The first-order valence-corrected chi connectivity index (χ1v) is 8.90. The van der Waals surface area contributed by atoms with Crippen molar-refractivity contribution in [2.75, 3.05) is 35.2 Å². The van der Waals surface area contributed by atoms with Crippen LogP contribution < -0.4 is 10.6 Å². The molecule has 0 saturated carbocycles. The maximum absolute atomic E-state index is 4.58. The Labute approximate surface area is 126 Å². The van der Waals surface area contributed by atoms with Gasteiger partial charge in [-0.2, -0.15) is 11.8 Å². The molecular formula is C15H26N4S. The summed E-state index contributed by atoms with van der Waals surface area (Å²) < 4.78 is 0. The summed E-state index contributed by atoms with van der Waals surface area (Å²) in [5.41, 5.74) is 0. The van der Waals surface area contributed by atoms with Gasteiger partial charge in [0.15, 0.2) is 0 Å². The Morgan fingerprint density at radius 1 is 1.15 bits per heavy atom. The molecule has 0 radical (unpaired) electrons. The molecule has 0 unspecified atom stereocenters. The monoisotopic (exact) mass is 294 g/mol. The number of hydrogen-bond donors (Lipinski definition) is 2. The molecule has 1 aliphatic heterocycles. The van der Waals surface area contributed by atoms with Gasteiger partial charge in [0.2, 0.25) is 0 Å². The summed E-state index contributed by atoms with van der Waals surface area (Å²) in [6.07, 6.45) is 4.62. The first-order chi connectivity index (χ1) is 9.81. The largest absolute Gasteiger partial charge is 0.370 e. The van der Waals surface area contributed by atoms with Gasteiger partial charge in [-0.1, -0.05) is 13.8 Å². The fourth-order valence-corrected chi connectivity index (χ4v) is 3.49. The SMILES string of the molecule is CCCNc1cc(NCC2CCSCC2)nc(CC)n1. The Balaban J connectivity index is 1.94. The third-order valence-corrected chi connectivity index (χ3v) is 4.61. The van der Waals surface area contributed by atoms with Crippen LogP contribution in [0.5, 0.6) is 0 Å². The van der Waals surface area contributed by atoms with E-state index in [-0.39, 0.29) is 0 Å². The number of nitrogens with one attached hydrogen (secondary N) is 2. The average Bonchev–Trinajstić information content (AvgIpc) is 2.51. The lowest BCUT2D eigenvalue weighted by atomic mass is 10.0. The van der Waals surface area contributed by atoms with Crippen LogP contribution in [0.15, 0.2) is 6.07 Å². The highest BCUT2D eigenvalue weighted by atomic mass is 32.2. The molecule has 5 heteroatoms. The molecule has 0 bridgehead atoms. The van der Waals surface area contributed by atoms with E-state index >= 15 is 0 Å². The molecule has 0 aromatic carbocycles. The van der Waals surface area contributed by atoms with Crippen LogP contribution in [-0.4, -0.2) is 34.6 Å². The van der Waals surface area contributed by atoms with Gasteiger partial charge in [0.1, 0.15) is 17.5 Å². The molecule has 1 aromatic heterocycles. The van der Waals surface area contributed by atoms with Gasteiger partial charge in [0.05, 0.1) is 0 Å². The van der Waals surface area contributed by atoms with Gasteiger partial charge >= 0.3 is 0 Å². The lowest BCUT2D eigenvalue weighted by Gasteiger charge is -2.22. The van der Waals surface area contributed by atoms with E-state index in [1.54, 1.807) is 0 Å². The summed E-state index contributed by atoms with van der Waals surface area (Å²) in [4.78, 5) is 9.10. The van der Waals surface area contributed by atoms with Crippen molar-refractivity contribution in [1.29, 1.82) is 0 Å². The van der Waals surface area contributed by atoms with E-state index in [1.165, 1.54) is 24.3 Å². The fraction of sp³-hybridized carbons (Fsp3) is 0.733. The van der Waals surface area contributed by atoms with Crippen LogP contribution in [0.3, 0.4) is 0 Å². The van der Waals surface area contributed by atoms with Crippen LogP contribution in [0.4, 0.5) is 11.6 Å². The molecule has 1 fully saturated rings. The third kappa shape index (κ3) is 4.85. The van der Waals surface area contributed by atoms with Gasteiger partial charge in [-0.3, -0.25) is 0 Å². The lowest BCUT2D eigenvalue weighted by Crippen LogP contribution is -2.20. The Morgan fingerprint density at radius 3 is 2.50 bits per heavy atom. The molecule has 2 heterocycles. The Morgan fingerprint density at radius 2 is 1.85 bits per heavy atom. The number of anilines is 2. The van der Waals surface area contributed by atoms with E-state index in [9.17, 15) is 0 Å². The summed E-state index contributed by atoms with van der Waals surface area (Å²) in [5, 5.41) is 6.86. The lowest BCUT2D eigenvalue weighted by molar-refractivity contribution is 0.515. The van der Waals surface area contributed by atoms with E-state index in [2.05, 4.69) is 46.2 Å². The molecule has 0 amide bonds. The van der Waals surface area contributed by atoms with Gasteiger partial charge in [0, 0.05) is 25.6 Å². The van der Waals surface area contributed by atoms with Crippen LogP contribution in [0.2, 0.25) is 0 Å². The van der Waals surface area contributed by atoms with Crippen molar-refractivity contribution in [2.45, 2.75) is 39.5 Å². The van der Waals surface area contributed by atoms with Gasteiger partial charge in [0.25, 0.3) is 0 Å². The second-order valence-corrected chi connectivity index (χ2v) is 6.50. The van der Waals surface area contributed by atoms with Crippen molar-refractivity contribution >= 4 is 23.4 Å². The summed E-state index contributed by atoms with van der Waals surface area (Å²) >= 11 is 2.07. The highest BCUT2D eigenvalue weighted by Gasteiger charge is 2.13. The van der Waals surface area contributed by atoms with Crippen LogP contribution in [-0.2, 0) is 6.42 Å². The second kappa shape index (κ2) is 8.35. The van der Waals surface area contributed by atoms with E-state index in [0.717, 1.165) is 49.3 Å². The molecule has 0 aliphatic carbocycles. The summed E-state index contributed by atoms with van der Waals surface area (Å²) in [7, 11) is 0. The highest BCUT2D eigenvalue weighted by molar-refractivity contribution is 7.99. The van der Waals surface area contributed by atoms with Gasteiger partial charge < -0.3 is 10.6 Å². The molecule has 112 valence electrons. The molecule has 1 saturated heterocycles. The van der Waals surface area contributed by atoms with Crippen molar-refractivity contribution in [2.24, 2.45) is 5.92 Å². The Hall–Kier alpha value is -0.970. The molecule has 0 spiro atoms. The molecule has 0 atom stereocenters. The predicted octanol–water partition coefficient (Wildman–Crippen LogP) is 3.42. The Bertz CT molecular complexity index is 405. The molecule has 1 aromatic rings. The fourth-order valence-electron chi connectivity index (χ4n) is 2.29. The van der Waals surface area contributed by atoms with Crippen molar-refractivity contribution in [3.63, 3.8) is 0 Å². The van der Waals surface area contributed by atoms with Gasteiger partial charge in [-0.15, -0.1) is 0 Å². The van der Waals surface area contributed by atoms with Crippen molar-refractivity contribution in [1.82, 2.24) is 9.97 Å². The summed E-state index contributed by atoms with van der Waals surface area (Å²) in [6.45, 7) is 6.25. The van der Waals surface area contributed by atoms with E-state index in [1.807, 2.05) is 6.07 Å². The predicted molar refractivity (Wildman–Crippen MR) is 88.7 cm³/mol. The quantitative estimate of drug-likeness (QED) is 0.807. The number of aromatic nitrogens is 2. The normalized spacial score (nSPS) is 16.1. The van der Waals surface area contributed by atoms with Crippen LogP contribution in [0.25, 0.3) is 0 Å². The molecule has 20 heavy (non-hydrogen) atoms. The number of hydrogen-bond acceptors (Lipinski definition) is 5. The van der Waals surface area contributed by atoms with E-state index < -0.39 is 0 Å².